The second-order valence-electron chi connectivity index (χ2n) is 5.37. The summed E-state index contributed by atoms with van der Waals surface area (Å²) in [5.41, 5.74) is 9.49. The smallest absolute Gasteiger partial charge is 0.124 e. The molecule has 0 fully saturated rings. The SMILES string of the molecule is Cc1ccc(CN(C)Cc2cc(F)cc(C(N)=S)c2)cc1. The second-order valence-corrected chi connectivity index (χ2v) is 5.81. The van der Waals surface area contributed by atoms with E-state index in [1.807, 2.05) is 13.1 Å². The zero-order chi connectivity index (χ0) is 15.4. The first-order valence-corrected chi connectivity index (χ1v) is 7.18. The summed E-state index contributed by atoms with van der Waals surface area (Å²) >= 11 is 4.91. The minimum Gasteiger partial charge on any atom is -0.389 e. The normalized spacial score (nSPS) is 10.9. The zero-order valence-electron chi connectivity index (χ0n) is 12.3. The summed E-state index contributed by atoms with van der Waals surface area (Å²) in [4.78, 5) is 2.35. The zero-order valence-corrected chi connectivity index (χ0v) is 13.1. The monoisotopic (exact) mass is 302 g/mol. The van der Waals surface area contributed by atoms with Crippen LogP contribution < -0.4 is 5.73 Å². The Labute approximate surface area is 130 Å². The second kappa shape index (κ2) is 6.78. The van der Waals surface area contributed by atoms with Crippen LogP contribution in [0, 0.1) is 12.7 Å². The molecule has 21 heavy (non-hydrogen) atoms. The fourth-order valence-corrected chi connectivity index (χ4v) is 2.37. The molecule has 0 aliphatic rings. The first-order chi connectivity index (χ1) is 9.94. The van der Waals surface area contributed by atoms with Gasteiger partial charge in [-0.2, -0.15) is 0 Å². The lowest BCUT2D eigenvalue weighted by Gasteiger charge is -2.17. The van der Waals surface area contributed by atoms with Crippen LogP contribution in [-0.4, -0.2) is 16.9 Å². The fraction of sp³-hybridized carbons (Fsp3) is 0.235. The molecular weight excluding hydrogens is 283 g/mol. The highest BCUT2D eigenvalue weighted by molar-refractivity contribution is 7.80. The maximum absolute atomic E-state index is 13.6. The summed E-state index contributed by atoms with van der Waals surface area (Å²) in [5.74, 6) is -0.306. The predicted molar refractivity (Wildman–Crippen MR) is 88.6 cm³/mol. The molecule has 2 aromatic rings. The predicted octanol–water partition coefficient (Wildman–Crippen LogP) is 3.40. The lowest BCUT2D eigenvalue weighted by Crippen LogP contribution is -2.18. The van der Waals surface area contributed by atoms with Gasteiger partial charge in [-0.1, -0.05) is 42.0 Å². The summed E-state index contributed by atoms with van der Waals surface area (Å²) in [5, 5.41) is 0. The molecule has 0 saturated heterocycles. The lowest BCUT2D eigenvalue weighted by atomic mass is 10.1. The Hall–Kier alpha value is -1.78. The summed E-state index contributed by atoms with van der Waals surface area (Å²) in [6.07, 6.45) is 0. The molecule has 110 valence electrons. The Bertz CT molecular complexity index is 638. The number of hydrogen-bond donors (Lipinski definition) is 1. The van der Waals surface area contributed by atoms with Gasteiger partial charge in [0.25, 0.3) is 0 Å². The third kappa shape index (κ3) is 4.62. The topological polar surface area (TPSA) is 29.3 Å². The van der Waals surface area contributed by atoms with E-state index in [0.717, 1.165) is 12.1 Å². The number of nitrogens with zero attached hydrogens (tertiary/aromatic N) is 1. The molecule has 2 nitrogen and oxygen atoms in total. The molecule has 0 atom stereocenters. The fourth-order valence-electron chi connectivity index (χ4n) is 2.26. The number of nitrogens with two attached hydrogens (primary N) is 1. The van der Waals surface area contributed by atoms with Gasteiger partial charge in [-0.3, -0.25) is 4.90 Å². The number of rotatable bonds is 5. The van der Waals surface area contributed by atoms with Gasteiger partial charge in [0.05, 0.1) is 0 Å². The number of thiocarbonyl (C=S) groups is 1. The summed E-state index contributed by atoms with van der Waals surface area (Å²) in [6.45, 7) is 3.51. The molecule has 0 bridgehead atoms. The standard InChI is InChI=1S/C17H19FN2S/c1-12-3-5-13(6-4-12)10-20(2)11-14-7-15(17(19)21)9-16(18)8-14/h3-9H,10-11H2,1-2H3,(H2,19,21). The van der Waals surface area contributed by atoms with E-state index in [1.54, 1.807) is 0 Å². The highest BCUT2D eigenvalue weighted by atomic mass is 32.1. The van der Waals surface area contributed by atoms with E-state index in [4.69, 9.17) is 18.0 Å². The van der Waals surface area contributed by atoms with Crippen LogP contribution in [-0.2, 0) is 13.1 Å². The molecule has 0 heterocycles. The molecule has 0 saturated carbocycles. The minimum atomic E-state index is -0.306. The van der Waals surface area contributed by atoms with Gasteiger partial charge in [0.15, 0.2) is 0 Å². The van der Waals surface area contributed by atoms with Gasteiger partial charge in [0.2, 0.25) is 0 Å². The lowest BCUT2D eigenvalue weighted by molar-refractivity contribution is 0.318. The van der Waals surface area contributed by atoms with Crippen molar-refractivity contribution in [3.8, 4) is 0 Å². The van der Waals surface area contributed by atoms with Gasteiger partial charge in [-0.05, 0) is 43.3 Å². The molecule has 2 N–H and O–H groups in total. The van der Waals surface area contributed by atoms with Crippen molar-refractivity contribution in [1.82, 2.24) is 4.90 Å². The van der Waals surface area contributed by atoms with Crippen LogP contribution in [0.3, 0.4) is 0 Å². The van der Waals surface area contributed by atoms with Crippen molar-refractivity contribution in [1.29, 1.82) is 0 Å². The van der Waals surface area contributed by atoms with E-state index in [-0.39, 0.29) is 10.8 Å². The van der Waals surface area contributed by atoms with Crippen molar-refractivity contribution in [3.05, 3.63) is 70.5 Å². The van der Waals surface area contributed by atoms with Gasteiger partial charge in [-0.15, -0.1) is 0 Å². The Morgan fingerprint density at radius 3 is 2.33 bits per heavy atom. The van der Waals surface area contributed by atoms with Gasteiger partial charge >= 0.3 is 0 Å². The Kier molecular flexibility index (Phi) is 5.04. The molecule has 2 rings (SSSR count). The molecule has 0 aliphatic heterocycles. The van der Waals surface area contributed by atoms with Crippen LogP contribution in [0.4, 0.5) is 4.39 Å². The molecular formula is C17H19FN2S. The number of hydrogen-bond acceptors (Lipinski definition) is 2. The van der Waals surface area contributed by atoms with E-state index < -0.39 is 0 Å². The highest BCUT2D eigenvalue weighted by Crippen LogP contribution is 2.13. The molecule has 0 unspecified atom stereocenters. The molecule has 0 aliphatic carbocycles. The maximum atomic E-state index is 13.6. The van der Waals surface area contributed by atoms with Gasteiger partial charge in [0.1, 0.15) is 10.8 Å². The van der Waals surface area contributed by atoms with Crippen LogP contribution in [0.15, 0.2) is 42.5 Å². The third-order valence-corrected chi connectivity index (χ3v) is 3.50. The minimum absolute atomic E-state index is 0.219. The molecule has 0 spiro atoms. The molecule has 4 heteroatoms. The quantitative estimate of drug-likeness (QED) is 0.858. The van der Waals surface area contributed by atoms with Gasteiger partial charge in [-0.25, -0.2) is 4.39 Å². The van der Waals surface area contributed by atoms with Crippen LogP contribution in [0.25, 0.3) is 0 Å². The Morgan fingerprint density at radius 1 is 1.10 bits per heavy atom. The van der Waals surface area contributed by atoms with Crippen LogP contribution in [0.1, 0.15) is 22.3 Å². The number of aryl methyl sites for hydroxylation is 1. The van der Waals surface area contributed by atoms with Crippen molar-refractivity contribution >= 4 is 17.2 Å². The average Bonchev–Trinajstić information content (AvgIpc) is 2.40. The summed E-state index contributed by atoms with van der Waals surface area (Å²) in [7, 11) is 2.01. The largest absolute Gasteiger partial charge is 0.389 e. The number of benzene rings is 2. The van der Waals surface area contributed by atoms with Gasteiger partial charge < -0.3 is 5.73 Å². The molecule has 0 aromatic heterocycles. The van der Waals surface area contributed by atoms with Crippen molar-refractivity contribution in [3.63, 3.8) is 0 Å². The first kappa shape index (κ1) is 15.6. The number of halogens is 1. The van der Waals surface area contributed by atoms with Crippen LogP contribution >= 0.6 is 12.2 Å². The summed E-state index contributed by atoms with van der Waals surface area (Å²) < 4.78 is 13.6. The van der Waals surface area contributed by atoms with E-state index in [0.29, 0.717) is 12.1 Å². The highest BCUT2D eigenvalue weighted by Gasteiger charge is 2.06. The molecule has 0 radical (unpaired) electrons. The molecule has 0 amide bonds. The van der Waals surface area contributed by atoms with E-state index in [9.17, 15) is 4.39 Å². The van der Waals surface area contributed by atoms with Crippen molar-refractivity contribution in [2.24, 2.45) is 5.73 Å². The molecule has 2 aromatic carbocycles. The van der Waals surface area contributed by atoms with Gasteiger partial charge in [0, 0.05) is 18.7 Å². The Morgan fingerprint density at radius 2 is 1.71 bits per heavy atom. The van der Waals surface area contributed by atoms with E-state index in [1.165, 1.54) is 23.3 Å². The third-order valence-electron chi connectivity index (χ3n) is 3.27. The van der Waals surface area contributed by atoms with Crippen LogP contribution in [0.5, 0.6) is 0 Å². The van der Waals surface area contributed by atoms with E-state index >= 15 is 0 Å². The van der Waals surface area contributed by atoms with E-state index in [2.05, 4.69) is 36.1 Å². The summed E-state index contributed by atoms with van der Waals surface area (Å²) in [6, 6.07) is 13.1. The first-order valence-electron chi connectivity index (χ1n) is 6.77. The Balaban J connectivity index is 2.07. The van der Waals surface area contributed by atoms with Crippen LogP contribution in [0.2, 0.25) is 0 Å². The maximum Gasteiger partial charge on any atom is 0.124 e. The average molecular weight is 302 g/mol. The van der Waals surface area contributed by atoms with Crippen molar-refractivity contribution in [2.75, 3.05) is 7.05 Å². The van der Waals surface area contributed by atoms with Crippen molar-refractivity contribution < 1.29 is 4.39 Å². The van der Waals surface area contributed by atoms with Crippen molar-refractivity contribution in [2.45, 2.75) is 20.0 Å².